The van der Waals surface area contributed by atoms with E-state index in [0.29, 0.717) is 26.0 Å². The quantitative estimate of drug-likeness (QED) is 0.743. The van der Waals surface area contributed by atoms with Crippen molar-refractivity contribution in [2.24, 2.45) is 0 Å². The topological polar surface area (TPSA) is 41.5 Å². The first-order chi connectivity index (χ1) is 8.63. The second kappa shape index (κ2) is 8.19. The standard InChI is InChI=1S/C14H22FNO2/c1-11(16-8-7-13(17)10-18-2)9-12-5-3-4-6-14(12)15/h3-6,11,13,16-17H,7-10H2,1-2H3. The van der Waals surface area contributed by atoms with E-state index in [-0.39, 0.29) is 11.9 Å². The Labute approximate surface area is 108 Å². The van der Waals surface area contributed by atoms with Gasteiger partial charge in [-0.25, -0.2) is 4.39 Å². The highest BCUT2D eigenvalue weighted by molar-refractivity contribution is 5.18. The molecule has 0 aliphatic heterocycles. The lowest BCUT2D eigenvalue weighted by Crippen LogP contribution is -2.32. The number of hydrogen-bond donors (Lipinski definition) is 2. The highest BCUT2D eigenvalue weighted by atomic mass is 19.1. The minimum Gasteiger partial charge on any atom is -0.391 e. The second-order valence-corrected chi connectivity index (χ2v) is 4.55. The van der Waals surface area contributed by atoms with Crippen molar-refractivity contribution in [3.05, 3.63) is 35.6 Å². The molecule has 0 heterocycles. The Morgan fingerprint density at radius 3 is 2.78 bits per heavy atom. The van der Waals surface area contributed by atoms with Crippen LogP contribution in [0.4, 0.5) is 4.39 Å². The molecule has 2 N–H and O–H groups in total. The molecule has 2 atom stereocenters. The maximum atomic E-state index is 13.4. The van der Waals surface area contributed by atoms with Crippen molar-refractivity contribution < 1.29 is 14.2 Å². The van der Waals surface area contributed by atoms with Crippen molar-refractivity contribution in [2.45, 2.75) is 31.9 Å². The van der Waals surface area contributed by atoms with Gasteiger partial charge in [0.25, 0.3) is 0 Å². The third-order valence-corrected chi connectivity index (χ3v) is 2.81. The molecule has 18 heavy (non-hydrogen) atoms. The van der Waals surface area contributed by atoms with Crippen LogP contribution in [0.1, 0.15) is 18.9 Å². The zero-order valence-electron chi connectivity index (χ0n) is 11.0. The Balaban J connectivity index is 2.26. The van der Waals surface area contributed by atoms with Crippen LogP contribution in [-0.4, -0.2) is 37.5 Å². The summed E-state index contributed by atoms with van der Waals surface area (Å²) < 4.78 is 18.3. The summed E-state index contributed by atoms with van der Waals surface area (Å²) in [7, 11) is 1.57. The minimum absolute atomic E-state index is 0.162. The van der Waals surface area contributed by atoms with Gasteiger partial charge < -0.3 is 15.2 Å². The van der Waals surface area contributed by atoms with Gasteiger partial charge in [0.1, 0.15) is 5.82 Å². The summed E-state index contributed by atoms with van der Waals surface area (Å²) >= 11 is 0. The molecule has 0 saturated heterocycles. The molecule has 0 aliphatic rings. The van der Waals surface area contributed by atoms with E-state index in [1.807, 2.05) is 13.0 Å². The zero-order valence-corrected chi connectivity index (χ0v) is 11.0. The number of methoxy groups -OCH3 is 1. The molecule has 0 fully saturated rings. The van der Waals surface area contributed by atoms with E-state index in [1.165, 1.54) is 6.07 Å². The fraction of sp³-hybridized carbons (Fsp3) is 0.571. The van der Waals surface area contributed by atoms with Crippen molar-refractivity contribution in [1.82, 2.24) is 5.32 Å². The molecule has 3 nitrogen and oxygen atoms in total. The number of aliphatic hydroxyl groups is 1. The summed E-state index contributed by atoms with van der Waals surface area (Å²) in [6.45, 7) is 3.05. The molecule has 0 aliphatic carbocycles. The molecular formula is C14H22FNO2. The number of aliphatic hydroxyl groups excluding tert-OH is 1. The average Bonchev–Trinajstić information content (AvgIpc) is 2.32. The molecule has 0 bridgehead atoms. The first kappa shape index (κ1) is 15.1. The van der Waals surface area contributed by atoms with Crippen molar-refractivity contribution in [3.63, 3.8) is 0 Å². The van der Waals surface area contributed by atoms with Crippen LogP contribution >= 0.6 is 0 Å². The van der Waals surface area contributed by atoms with E-state index >= 15 is 0 Å². The Hall–Kier alpha value is -0.970. The Bertz CT molecular complexity index is 346. The fourth-order valence-electron chi connectivity index (χ4n) is 1.84. The number of halogens is 1. The van der Waals surface area contributed by atoms with Crippen molar-refractivity contribution in [1.29, 1.82) is 0 Å². The van der Waals surface area contributed by atoms with Gasteiger partial charge in [0.2, 0.25) is 0 Å². The largest absolute Gasteiger partial charge is 0.391 e. The van der Waals surface area contributed by atoms with Crippen molar-refractivity contribution >= 4 is 0 Å². The lowest BCUT2D eigenvalue weighted by molar-refractivity contribution is 0.0591. The average molecular weight is 255 g/mol. The minimum atomic E-state index is -0.442. The molecule has 1 rings (SSSR count). The normalized spacial score (nSPS) is 14.4. The number of benzene rings is 1. The number of ether oxygens (including phenoxy) is 1. The first-order valence-electron chi connectivity index (χ1n) is 6.27. The van der Waals surface area contributed by atoms with Gasteiger partial charge in [-0.3, -0.25) is 0 Å². The monoisotopic (exact) mass is 255 g/mol. The number of rotatable bonds is 8. The molecular weight excluding hydrogens is 233 g/mol. The summed E-state index contributed by atoms with van der Waals surface area (Å²) in [5, 5.41) is 12.7. The van der Waals surface area contributed by atoms with Gasteiger partial charge in [-0.05, 0) is 37.9 Å². The first-order valence-corrected chi connectivity index (χ1v) is 6.27. The Kier molecular flexibility index (Phi) is 6.86. The fourth-order valence-corrected chi connectivity index (χ4v) is 1.84. The van der Waals surface area contributed by atoms with Crippen LogP contribution in [0.3, 0.4) is 0 Å². The van der Waals surface area contributed by atoms with Crippen LogP contribution in [0.2, 0.25) is 0 Å². The molecule has 0 spiro atoms. The van der Waals surface area contributed by atoms with Crippen LogP contribution < -0.4 is 5.32 Å². The van der Waals surface area contributed by atoms with Crippen molar-refractivity contribution in [3.8, 4) is 0 Å². The van der Waals surface area contributed by atoms with Crippen LogP contribution in [-0.2, 0) is 11.2 Å². The van der Waals surface area contributed by atoms with Crippen LogP contribution in [0, 0.1) is 5.82 Å². The highest BCUT2D eigenvalue weighted by Crippen LogP contribution is 2.08. The second-order valence-electron chi connectivity index (χ2n) is 4.55. The number of nitrogens with one attached hydrogen (secondary N) is 1. The van der Waals surface area contributed by atoms with E-state index < -0.39 is 6.10 Å². The SMILES string of the molecule is COCC(O)CCNC(C)Cc1ccccc1F. The molecule has 1 aromatic rings. The third-order valence-electron chi connectivity index (χ3n) is 2.81. The summed E-state index contributed by atoms with van der Waals surface area (Å²) in [5.74, 6) is -0.162. The lowest BCUT2D eigenvalue weighted by atomic mass is 10.1. The maximum Gasteiger partial charge on any atom is 0.126 e. The van der Waals surface area contributed by atoms with E-state index in [9.17, 15) is 9.50 Å². The summed E-state index contributed by atoms with van der Waals surface area (Å²) in [6, 6.07) is 6.99. The summed E-state index contributed by atoms with van der Waals surface area (Å²) in [6.07, 6.45) is 0.839. The molecule has 2 unspecified atom stereocenters. The molecule has 1 aromatic carbocycles. The van der Waals surface area contributed by atoms with Gasteiger partial charge in [-0.2, -0.15) is 0 Å². The molecule has 0 saturated carbocycles. The molecule has 0 aromatic heterocycles. The van der Waals surface area contributed by atoms with Gasteiger partial charge in [0.05, 0.1) is 12.7 Å². The van der Waals surface area contributed by atoms with Crippen LogP contribution in [0.15, 0.2) is 24.3 Å². The predicted octanol–water partition coefficient (Wildman–Crippen LogP) is 1.74. The van der Waals surface area contributed by atoms with E-state index in [0.717, 1.165) is 5.56 Å². The van der Waals surface area contributed by atoms with Gasteiger partial charge in [0.15, 0.2) is 0 Å². The van der Waals surface area contributed by atoms with Gasteiger partial charge in [0, 0.05) is 13.2 Å². The zero-order chi connectivity index (χ0) is 13.4. The van der Waals surface area contributed by atoms with E-state index in [4.69, 9.17) is 4.74 Å². The smallest absolute Gasteiger partial charge is 0.126 e. The van der Waals surface area contributed by atoms with Gasteiger partial charge in [-0.1, -0.05) is 18.2 Å². The Morgan fingerprint density at radius 2 is 2.11 bits per heavy atom. The molecule has 102 valence electrons. The maximum absolute atomic E-state index is 13.4. The van der Waals surface area contributed by atoms with Crippen LogP contribution in [0.25, 0.3) is 0 Å². The Morgan fingerprint density at radius 1 is 1.39 bits per heavy atom. The molecule has 4 heteroatoms. The van der Waals surface area contributed by atoms with E-state index in [1.54, 1.807) is 19.2 Å². The third kappa shape index (κ3) is 5.58. The van der Waals surface area contributed by atoms with E-state index in [2.05, 4.69) is 5.32 Å². The molecule has 0 radical (unpaired) electrons. The summed E-state index contributed by atoms with van der Waals surface area (Å²) in [5.41, 5.74) is 0.718. The molecule has 0 amide bonds. The number of hydrogen-bond acceptors (Lipinski definition) is 3. The van der Waals surface area contributed by atoms with Crippen LogP contribution in [0.5, 0.6) is 0 Å². The van der Waals surface area contributed by atoms with Crippen molar-refractivity contribution in [2.75, 3.05) is 20.3 Å². The van der Waals surface area contributed by atoms with Gasteiger partial charge >= 0.3 is 0 Å². The predicted molar refractivity (Wildman–Crippen MR) is 70.1 cm³/mol. The highest BCUT2D eigenvalue weighted by Gasteiger charge is 2.08. The summed E-state index contributed by atoms with van der Waals surface area (Å²) in [4.78, 5) is 0. The van der Waals surface area contributed by atoms with Gasteiger partial charge in [-0.15, -0.1) is 0 Å². The lowest BCUT2D eigenvalue weighted by Gasteiger charge is -2.16.